The molecule has 0 saturated carbocycles. The Kier molecular flexibility index (Phi) is 4.39. The highest BCUT2D eigenvalue weighted by Gasteiger charge is 2.23. The van der Waals surface area contributed by atoms with Crippen LogP contribution >= 0.6 is 11.3 Å². The summed E-state index contributed by atoms with van der Waals surface area (Å²) in [7, 11) is 0. The fourth-order valence-electron chi connectivity index (χ4n) is 2.82. The number of furan rings is 1. The van der Waals surface area contributed by atoms with Crippen molar-refractivity contribution in [2.24, 2.45) is 0 Å². The number of rotatable bonds is 5. The van der Waals surface area contributed by atoms with Crippen molar-refractivity contribution < 1.29 is 13.9 Å². The Labute approximate surface area is 150 Å². The van der Waals surface area contributed by atoms with E-state index in [1.807, 2.05) is 60.0 Å². The van der Waals surface area contributed by atoms with Crippen LogP contribution in [-0.4, -0.2) is 17.4 Å². The van der Waals surface area contributed by atoms with Crippen molar-refractivity contribution >= 4 is 23.3 Å². The third kappa shape index (κ3) is 3.51. The molecule has 0 bridgehead atoms. The Bertz CT molecular complexity index is 845. The van der Waals surface area contributed by atoms with E-state index in [9.17, 15) is 4.79 Å². The molecular weight excluding hydrogens is 334 g/mol. The van der Waals surface area contributed by atoms with Crippen molar-refractivity contribution in [3.8, 4) is 5.75 Å². The molecule has 0 aliphatic carbocycles. The van der Waals surface area contributed by atoms with Gasteiger partial charge in [0.15, 0.2) is 0 Å². The van der Waals surface area contributed by atoms with Gasteiger partial charge in [-0.15, -0.1) is 11.3 Å². The zero-order valence-electron chi connectivity index (χ0n) is 13.6. The molecule has 5 heteroatoms. The number of hydrogen-bond donors (Lipinski definition) is 0. The van der Waals surface area contributed by atoms with Gasteiger partial charge in [-0.25, -0.2) is 0 Å². The largest absolute Gasteiger partial charge is 0.488 e. The molecule has 4 nitrogen and oxygen atoms in total. The Morgan fingerprint density at radius 1 is 1.08 bits per heavy atom. The van der Waals surface area contributed by atoms with Crippen LogP contribution in [0.1, 0.15) is 16.2 Å². The molecule has 0 radical (unpaired) electrons. The van der Waals surface area contributed by atoms with E-state index in [0.717, 1.165) is 22.0 Å². The van der Waals surface area contributed by atoms with Crippen molar-refractivity contribution in [3.05, 3.63) is 81.9 Å². The highest BCUT2D eigenvalue weighted by Crippen LogP contribution is 2.27. The second-order valence-electron chi connectivity index (χ2n) is 5.82. The first kappa shape index (κ1) is 15.7. The lowest BCUT2D eigenvalue weighted by atomic mass is 10.1. The number of amides is 1. The van der Waals surface area contributed by atoms with E-state index in [1.54, 1.807) is 22.5 Å². The first-order chi connectivity index (χ1) is 12.3. The fourth-order valence-corrected chi connectivity index (χ4v) is 3.54. The maximum absolute atomic E-state index is 13.1. The Balaban J connectivity index is 1.60. The lowest BCUT2D eigenvalue weighted by Gasteiger charge is -2.25. The quantitative estimate of drug-likeness (QED) is 0.686. The molecule has 1 aliphatic heterocycles. The minimum absolute atomic E-state index is 0.0284. The minimum Gasteiger partial charge on any atom is -0.488 e. The number of nitrogens with zero attached hydrogens (tertiary/aromatic N) is 1. The number of thiophene rings is 1. The molecule has 1 aromatic carbocycles. The van der Waals surface area contributed by atoms with Crippen molar-refractivity contribution in [1.82, 2.24) is 4.90 Å². The SMILES string of the molecule is O=C(C1=Cc2ccccc2OC1)N(Cc1ccco1)Cc1cccs1. The van der Waals surface area contributed by atoms with Crippen molar-refractivity contribution in [2.45, 2.75) is 13.1 Å². The summed E-state index contributed by atoms with van der Waals surface area (Å²) in [6.45, 7) is 1.27. The summed E-state index contributed by atoms with van der Waals surface area (Å²) in [5.74, 6) is 1.55. The summed E-state index contributed by atoms with van der Waals surface area (Å²) in [4.78, 5) is 16.0. The van der Waals surface area contributed by atoms with Gasteiger partial charge >= 0.3 is 0 Å². The van der Waals surface area contributed by atoms with E-state index < -0.39 is 0 Å². The summed E-state index contributed by atoms with van der Waals surface area (Å²) < 4.78 is 11.2. The van der Waals surface area contributed by atoms with Crippen molar-refractivity contribution in [3.63, 3.8) is 0 Å². The molecule has 3 aromatic rings. The molecule has 0 N–H and O–H groups in total. The first-order valence-electron chi connectivity index (χ1n) is 8.06. The van der Waals surface area contributed by atoms with Crippen LogP contribution < -0.4 is 4.74 Å². The molecule has 1 aliphatic rings. The normalized spacial score (nSPS) is 12.9. The summed E-state index contributed by atoms with van der Waals surface area (Å²) >= 11 is 1.64. The van der Waals surface area contributed by atoms with Gasteiger partial charge < -0.3 is 14.1 Å². The smallest absolute Gasteiger partial charge is 0.253 e. The van der Waals surface area contributed by atoms with E-state index in [2.05, 4.69) is 0 Å². The van der Waals surface area contributed by atoms with Gasteiger partial charge in [-0.05, 0) is 35.7 Å². The summed E-state index contributed by atoms with van der Waals surface area (Å²) in [6, 6.07) is 15.5. The number of para-hydroxylation sites is 1. The Morgan fingerprint density at radius 3 is 2.80 bits per heavy atom. The maximum Gasteiger partial charge on any atom is 0.253 e. The van der Waals surface area contributed by atoms with E-state index in [-0.39, 0.29) is 12.5 Å². The van der Waals surface area contributed by atoms with Crippen LogP contribution in [0, 0.1) is 0 Å². The van der Waals surface area contributed by atoms with Crippen LogP contribution in [0.2, 0.25) is 0 Å². The lowest BCUT2D eigenvalue weighted by molar-refractivity contribution is -0.128. The predicted molar refractivity (Wildman–Crippen MR) is 97.2 cm³/mol. The zero-order valence-corrected chi connectivity index (χ0v) is 14.4. The molecule has 0 unspecified atom stereocenters. The van der Waals surface area contributed by atoms with Gasteiger partial charge in [0.25, 0.3) is 5.91 Å². The predicted octanol–water partition coefficient (Wildman–Crippen LogP) is 4.35. The average molecular weight is 351 g/mol. The van der Waals surface area contributed by atoms with Crippen LogP contribution in [-0.2, 0) is 17.9 Å². The Morgan fingerprint density at radius 2 is 2.00 bits per heavy atom. The van der Waals surface area contributed by atoms with Crippen LogP contribution in [0.5, 0.6) is 5.75 Å². The molecule has 4 rings (SSSR count). The summed E-state index contributed by atoms with van der Waals surface area (Å²) in [6.07, 6.45) is 3.55. The number of carbonyl (C=O) groups excluding carboxylic acids is 1. The molecular formula is C20H17NO3S. The third-order valence-electron chi connectivity index (χ3n) is 4.05. The molecule has 3 heterocycles. The third-order valence-corrected chi connectivity index (χ3v) is 4.91. The number of benzene rings is 1. The molecule has 0 spiro atoms. The second kappa shape index (κ2) is 6.99. The molecule has 0 atom stereocenters. The first-order valence-corrected chi connectivity index (χ1v) is 8.94. The van der Waals surface area contributed by atoms with Crippen molar-refractivity contribution in [1.29, 1.82) is 0 Å². The summed E-state index contributed by atoms with van der Waals surface area (Å²) in [5.41, 5.74) is 1.59. The molecule has 1 amide bonds. The second-order valence-corrected chi connectivity index (χ2v) is 6.85. The van der Waals surface area contributed by atoms with E-state index in [1.165, 1.54) is 0 Å². The average Bonchev–Trinajstić information content (AvgIpc) is 3.34. The maximum atomic E-state index is 13.1. The van der Waals surface area contributed by atoms with Crippen LogP contribution in [0.4, 0.5) is 0 Å². The van der Waals surface area contributed by atoms with Crippen LogP contribution in [0.3, 0.4) is 0 Å². The topological polar surface area (TPSA) is 42.7 Å². The minimum atomic E-state index is -0.0284. The lowest BCUT2D eigenvalue weighted by Crippen LogP contribution is -2.33. The molecule has 126 valence electrons. The molecule has 0 saturated heterocycles. The van der Waals surface area contributed by atoms with Crippen molar-refractivity contribution in [2.75, 3.05) is 6.61 Å². The Hall–Kier alpha value is -2.79. The molecule has 25 heavy (non-hydrogen) atoms. The number of carbonyl (C=O) groups is 1. The van der Waals surface area contributed by atoms with E-state index >= 15 is 0 Å². The van der Waals surface area contributed by atoms with Gasteiger partial charge in [0, 0.05) is 10.4 Å². The van der Waals surface area contributed by atoms with Gasteiger partial charge in [0.2, 0.25) is 0 Å². The van der Waals surface area contributed by atoms with Gasteiger partial charge in [0.05, 0.1) is 24.9 Å². The highest BCUT2D eigenvalue weighted by atomic mass is 32.1. The number of ether oxygens (including phenoxy) is 1. The van der Waals surface area contributed by atoms with Gasteiger partial charge in [0.1, 0.15) is 18.1 Å². The van der Waals surface area contributed by atoms with Crippen LogP contribution in [0.15, 0.2) is 70.2 Å². The summed E-state index contributed by atoms with van der Waals surface area (Å²) in [5, 5.41) is 2.02. The molecule has 2 aromatic heterocycles. The van der Waals surface area contributed by atoms with E-state index in [4.69, 9.17) is 9.15 Å². The number of fused-ring (bicyclic) bond motifs is 1. The van der Waals surface area contributed by atoms with Gasteiger partial charge in [-0.2, -0.15) is 0 Å². The zero-order chi connectivity index (χ0) is 17.1. The fraction of sp³-hybridized carbons (Fsp3) is 0.150. The van der Waals surface area contributed by atoms with Crippen LogP contribution in [0.25, 0.3) is 6.08 Å². The van der Waals surface area contributed by atoms with Gasteiger partial charge in [-0.1, -0.05) is 24.3 Å². The van der Waals surface area contributed by atoms with Gasteiger partial charge in [-0.3, -0.25) is 4.79 Å². The highest BCUT2D eigenvalue weighted by molar-refractivity contribution is 7.09. The van der Waals surface area contributed by atoms with E-state index in [0.29, 0.717) is 18.7 Å². The standard InChI is InChI=1S/C20H17NO3S/c22-20(16-11-15-5-1-2-8-19(15)24-14-16)21(12-17-6-3-9-23-17)13-18-7-4-10-25-18/h1-11H,12-14H2. The number of hydrogen-bond acceptors (Lipinski definition) is 4. The monoisotopic (exact) mass is 351 g/mol. The molecule has 0 fully saturated rings.